The smallest absolute Gasteiger partial charge is 0.235 e. The lowest BCUT2D eigenvalue weighted by molar-refractivity contribution is -0.117. The van der Waals surface area contributed by atoms with E-state index >= 15 is 0 Å². The second-order valence-electron chi connectivity index (χ2n) is 1.30. The third-order valence-corrected chi connectivity index (χ3v) is 0.714. The second-order valence-corrected chi connectivity index (χ2v) is 1.30. The SMILES string of the molecule is CCC(=O)CN=C=O. The summed E-state index contributed by atoms with van der Waals surface area (Å²) in [6.45, 7) is 1.71. The normalized spacial score (nSPS) is 7.62. The third kappa shape index (κ3) is 3.25. The highest BCUT2D eigenvalue weighted by Gasteiger charge is 1.91. The Morgan fingerprint density at radius 3 is 2.75 bits per heavy atom. The standard InChI is InChI=1S/C5H7NO2/c1-2-5(8)3-6-4-7/h2-3H2,1H3. The van der Waals surface area contributed by atoms with E-state index in [1.54, 1.807) is 6.92 Å². The van der Waals surface area contributed by atoms with Crippen LogP contribution in [0.2, 0.25) is 0 Å². The van der Waals surface area contributed by atoms with E-state index in [2.05, 4.69) is 4.99 Å². The van der Waals surface area contributed by atoms with Gasteiger partial charge in [-0.25, -0.2) is 4.79 Å². The molecule has 0 heterocycles. The fraction of sp³-hybridized carbons (Fsp3) is 0.600. The number of aliphatic imine (C=N–C) groups is 1. The van der Waals surface area contributed by atoms with E-state index in [0.717, 1.165) is 0 Å². The predicted molar refractivity (Wildman–Crippen MR) is 28.3 cm³/mol. The Labute approximate surface area is 47.4 Å². The van der Waals surface area contributed by atoms with Crippen molar-refractivity contribution in [2.45, 2.75) is 13.3 Å². The average molecular weight is 113 g/mol. The van der Waals surface area contributed by atoms with Gasteiger partial charge in [0.2, 0.25) is 6.08 Å². The summed E-state index contributed by atoms with van der Waals surface area (Å²) in [6, 6.07) is 0. The molecule has 0 aliphatic rings. The molecule has 8 heavy (non-hydrogen) atoms. The zero-order valence-electron chi connectivity index (χ0n) is 4.68. The first kappa shape index (κ1) is 7.05. The van der Waals surface area contributed by atoms with Crippen molar-refractivity contribution in [3.05, 3.63) is 0 Å². The molecular formula is C5H7NO2. The molecule has 0 aliphatic heterocycles. The van der Waals surface area contributed by atoms with Gasteiger partial charge in [-0.15, -0.1) is 0 Å². The molecule has 0 aliphatic carbocycles. The lowest BCUT2D eigenvalue weighted by atomic mass is 10.3. The Kier molecular flexibility index (Phi) is 3.71. The quantitative estimate of drug-likeness (QED) is 0.390. The van der Waals surface area contributed by atoms with Crippen molar-refractivity contribution in [2.24, 2.45) is 4.99 Å². The van der Waals surface area contributed by atoms with Crippen LogP contribution in [0.3, 0.4) is 0 Å². The fourth-order valence-corrected chi connectivity index (χ4v) is 0.232. The van der Waals surface area contributed by atoms with Gasteiger partial charge in [0.15, 0.2) is 5.78 Å². The van der Waals surface area contributed by atoms with Crippen LogP contribution in [-0.4, -0.2) is 18.4 Å². The average Bonchev–Trinajstić information content (AvgIpc) is 1.83. The highest BCUT2D eigenvalue weighted by Crippen LogP contribution is 1.78. The minimum Gasteiger partial charge on any atom is -0.298 e. The van der Waals surface area contributed by atoms with Gasteiger partial charge >= 0.3 is 0 Å². The van der Waals surface area contributed by atoms with Crippen molar-refractivity contribution < 1.29 is 9.59 Å². The number of ketones is 1. The van der Waals surface area contributed by atoms with Crippen LogP contribution in [0.15, 0.2) is 4.99 Å². The summed E-state index contributed by atoms with van der Waals surface area (Å²) >= 11 is 0. The van der Waals surface area contributed by atoms with Crippen LogP contribution in [0.25, 0.3) is 0 Å². The summed E-state index contributed by atoms with van der Waals surface area (Å²) in [5.74, 6) is -0.0339. The highest BCUT2D eigenvalue weighted by molar-refractivity contribution is 5.80. The molecule has 0 saturated carbocycles. The topological polar surface area (TPSA) is 46.5 Å². The van der Waals surface area contributed by atoms with E-state index in [9.17, 15) is 9.59 Å². The molecule has 0 aromatic carbocycles. The van der Waals surface area contributed by atoms with Gasteiger partial charge < -0.3 is 0 Å². The number of carbonyl (C=O) groups is 1. The van der Waals surface area contributed by atoms with Gasteiger partial charge in [-0.3, -0.25) is 4.79 Å². The maximum absolute atomic E-state index is 10.3. The summed E-state index contributed by atoms with van der Waals surface area (Å²) in [5, 5.41) is 0. The van der Waals surface area contributed by atoms with Crippen LogP contribution in [-0.2, 0) is 9.59 Å². The largest absolute Gasteiger partial charge is 0.298 e. The fourth-order valence-electron chi connectivity index (χ4n) is 0.232. The Morgan fingerprint density at radius 2 is 2.38 bits per heavy atom. The van der Waals surface area contributed by atoms with Crippen molar-refractivity contribution in [3.8, 4) is 0 Å². The Bertz CT molecular complexity index is 124. The number of Topliss-reactive ketones (excluding diaryl/α,β-unsaturated/α-hetero) is 1. The van der Waals surface area contributed by atoms with Crippen LogP contribution in [0.4, 0.5) is 0 Å². The molecule has 0 saturated heterocycles. The first-order chi connectivity index (χ1) is 3.81. The van der Waals surface area contributed by atoms with Crippen LogP contribution in [0.1, 0.15) is 13.3 Å². The Balaban J connectivity index is 3.39. The molecule has 0 radical (unpaired) electrons. The van der Waals surface area contributed by atoms with Gasteiger partial charge in [-0.05, 0) is 0 Å². The van der Waals surface area contributed by atoms with Gasteiger partial charge in [-0.1, -0.05) is 6.92 Å². The number of isocyanates is 1. The summed E-state index contributed by atoms with van der Waals surface area (Å²) in [7, 11) is 0. The summed E-state index contributed by atoms with van der Waals surface area (Å²) in [4.78, 5) is 22.8. The third-order valence-electron chi connectivity index (χ3n) is 0.714. The second kappa shape index (κ2) is 4.22. The molecule has 0 N–H and O–H groups in total. The predicted octanol–water partition coefficient (Wildman–Crippen LogP) is 0.301. The van der Waals surface area contributed by atoms with Crippen LogP contribution in [0, 0.1) is 0 Å². The van der Waals surface area contributed by atoms with Crippen LogP contribution < -0.4 is 0 Å². The molecule has 0 fully saturated rings. The minimum atomic E-state index is -0.0339. The molecule has 0 aromatic heterocycles. The Morgan fingerprint density at radius 1 is 1.75 bits per heavy atom. The summed E-state index contributed by atoms with van der Waals surface area (Å²) in [6.07, 6.45) is 1.72. The number of hydrogen-bond acceptors (Lipinski definition) is 3. The van der Waals surface area contributed by atoms with Crippen molar-refractivity contribution in [1.29, 1.82) is 0 Å². The zero-order chi connectivity index (χ0) is 6.41. The van der Waals surface area contributed by atoms with Crippen molar-refractivity contribution >= 4 is 11.9 Å². The highest BCUT2D eigenvalue weighted by atomic mass is 16.1. The van der Waals surface area contributed by atoms with Gasteiger partial charge in [0.25, 0.3) is 0 Å². The van der Waals surface area contributed by atoms with E-state index in [4.69, 9.17) is 0 Å². The maximum atomic E-state index is 10.3. The van der Waals surface area contributed by atoms with Crippen molar-refractivity contribution in [3.63, 3.8) is 0 Å². The molecule has 0 aromatic rings. The molecule has 0 amide bonds. The lowest BCUT2D eigenvalue weighted by Crippen LogP contribution is -1.98. The van der Waals surface area contributed by atoms with E-state index in [1.165, 1.54) is 6.08 Å². The lowest BCUT2D eigenvalue weighted by Gasteiger charge is -1.82. The maximum Gasteiger partial charge on any atom is 0.235 e. The number of hydrogen-bond donors (Lipinski definition) is 0. The summed E-state index contributed by atoms with van der Waals surface area (Å²) in [5.41, 5.74) is 0. The molecule has 0 rings (SSSR count). The van der Waals surface area contributed by atoms with Crippen LogP contribution >= 0.6 is 0 Å². The van der Waals surface area contributed by atoms with Gasteiger partial charge in [-0.2, -0.15) is 4.99 Å². The van der Waals surface area contributed by atoms with Crippen molar-refractivity contribution in [1.82, 2.24) is 0 Å². The van der Waals surface area contributed by atoms with Crippen LogP contribution in [0.5, 0.6) is 0 Å². The molecule has 3 heteroatoms. The van der Waals surface area contributed by atoms with E-state index in [1.807, 2.05) is 0 Å². The minimum absolute atomic E-state index is 0.0139. The molecule has 0 unspecified atom stereocenters. The van der Waals surface area contributed by atoms with E-state index in [-0.39, 0.29) is 12.3 Å². The number of nitrogens with zero attached hydrogens (tertiary/aromatic N) is 1. The number of rotatable bonds is 3. The van der Waals surface area contributed by atoms with Gasteiger partial charge in [0.05, 0.1) is 0 Å². The monoisotopic (exact) mass is 113 g/mol. The molecule has 3 nitrogen and oxygen atoms in total. The molecule has 0 spiro atoms. The molecule has 0 atom stereocenters. The van der Waals surface area contributed by atoms with Crippen molar-refractivity contribution in [2.75, 3.05) is 6.54 Å². The molecule has 44 valence electrons. The van der Waals surface area contributed by atoms with Gasteiger partial charge in [0, 0.05) is 6.42 Å². The molecule has 0 bridgehead atoms. The first-order valence-corrected chi connectivity index (χ1v) is 2.36. The first-order valence-electron chi connectivity index (χ1n) is 2.36. The zero-order valence-corrected chi connectivity index (χ0v) is 4.68. The van der Waals surface area contributed by atoms with E-state index in [0.29, 0.717) is 6.42 Å². The van der Waals surface area contributed by atoms with E-state index < -0.39 is 0 Å². The van der Waals surface area contributed by atoms with Gasteiger partial charge in [0.1, 0.15) is 6.54 Å². The Hall–Kier alpha value is -0.950. The summed E-state index contributed by atoms with van der Waals surface area (Å²) < 4.78 is 0. The molecular weight excluding hydrogens is 106 g/mol. The number of carbonyl (C=O) groups excluding carboxylic acids is 2.